The van der Waals surface area contributed by atoms with E-state index in [2.05, 4.69) is 21.5 Å². The molecule has 0 N–H and O–H groups in total. The van der Waals surface area contributed by atoms with Gasteiger partial charge >= 0.3 is 0 Å². The quantitative estimate of drug-likeness (QED) is 0.701. The molecule has 0 bridgehead atoms. The first-order valence-corrected chi connectivity index (χ1v) is 10.3. The van der Waals surface area contributed by atoms with E-state index in [9.17, 15) is 4.79 Å². The van der Waals surface area contributed by atoms with Crippen LogP contribution < -0.4 is 0 Å². The Morgan fingerprint density at radius 3 is 2.61 bits per heavy atom. The number of carbonyl (C=O) groups excluding carboxylic acids is 1. The highest BCUT2D eigenvalue weighted by atomic mass is 16.2. The van der Waals surface area contributed by atoms with Crippen molar-refractivity contribution in [1.82, 2.24) is 29.3 Å². The summed E-state index contributed by atoms with van der Waals surface area (Å²) in [6.07, 6.45) is 12.9. The number of likely N-dealkylation sites (tertiary alicyclic amines) is 1. The zero-order chi connectivity index (χ0) is 19.1. The minimum Gasteiger partial charge on any atom is -0.337 e. The Morgan fingerprint density at radius 1 is 1.04 bits per heavy atom. The number of nitrogens with zero attached hydrogens (tertiary/aromatic N) is 6. The van der Waals surface area contributed by atoms with Crippen LogP contribution in [0.4, 0.5) is 0 Å². The Labute approximate surface area is 164 Å². The second-order valence-corrected chi connectivity index (χ2v) is 8.23. The van der Waals surface area contributed by atoms with Gasteiger partial charge in [-0.15, -0.1) is 5.10 Å². The molecular weight excluding hydrogens is 352 g/mol. The highest BCUT2D eigenvalue weighted by Gasteiger charge is 2.28. The summed E-state index contributed by atoms with van der Waals surface area (Å²) in [6.45, 7) is 3.50. The summed E-state index contributed by atoms with van der Waals surface area (Å²) < 4.78 is 3.96. The number of pyridine rings is 1. The van der Waals surface area contributed by atoms with Crippen molar-refractivity contribution in [3.05, 3.63) is 47.7 Å². The van der Waals surface area contributed by atoms with Crippen molar-refractivity contribution < 1.29 is 4.79 Å². The molecule has 1 saturated carbocycles. The summed E-state index contributed by atoms with van der Waals surface area (Å²) in [5.74, 6) is 0.610. The Hall–Kier alpha value is -2.70. The molecule has 0 aromatic carbocycles. The van der Waals surface area contributed by atoms with Gasteiger partial charge in [0.2, 0.25) is 0 Å². The summed E-state index contributed by atoms with van der Waals surface area (Å²) in [5.41, 5.74) is 3.63. The molecule has 0 spiro atoms. The van der Waals surface area contributed by atoms with Crippen LogP contribution in [0.15, 0.2) is 30.7 Å². The summed E-state index contributed by atoms with van der Waals surface area (Å²) in [5, 5.41) is 8.82. The number of aryl methyl sites for hydroxylation is 1. The number of hydrogen-bond donors (Lipinski definition) is 0. The van der Waals surface area contributed by atoms with Crippen molar-refractivity contribution in [1.29, 1.82) is 0 Å². The SMILES string of the molecule is Cc1ccc2nc(C(=O)N3CCC(n4cc(C5CCCC5)nn4)CC3)cn2c1. The third-order valence-electron chi connectivity index (χ3n) is 6.25. The average molecular weight is 378 g/mol. The van der Waals surface area contributed by atoms with Crippen LogP contribution in [-0.4, -0.2) is 48.3 Å². The maximum absolute atomic E-state index is 12.9. The van der Waals surface area contributed by atoms with Crippen LogP contribution in [-0.2, 0) is 0 Å². The lowest BCUT2D eigenvalue weighted by atomic mass is 10.0. The first-order valence-electron chi connectivity index (χ1n) is 10.3. The van der Waals surface area contributed by atoms with E-state index in [1.165, 1.54) is 25.7 Å². The lowest BCUT2D eigenvalue weighted by Crippen LogP contribution is -2.39. The van der Waals surface area contributed by atoms with E-state index >= 15 is 0 Å². The summed E-state index contributed by atoms with van der Waals surface area (Å²) >= 11 is 0. The second-order valence-electron chi connectivity index (χ2n) is 8.23. The Kier molecular flexibility index (Phi) is 4.37. The standard InChI is InChI=1S/C21H26N6O/c1-15-6-7-20-22-19(13-26(20)12-15)21(28)25-10-8-17(9-11-25)27-14-18(23-24-27)16-4-2-3-5-16/h6-7,12-14,16-17H,2-5,8-11H2,1H3. The van der Waals surface area contributed by atoms with Crippen molar-refractivity contribution in [2.75, 3.05) is 13.1 Å². The van der Waals surface area contributed by atoms with Crippen molar-refractivity contribution in [2.24, 2.45) is 0 Å². The van der Waals surface area contributed by atoms with E-state index in [4.69, 9.17) is 0 Å². The molecule has 1 aliphatic carbocycles. The van der Waals surface area contributed by atoms with Gasteiger partial charge < -0.3 is 9.30 Å². The fourth-order valence-corrected chi connectivity index (χ4v) is 4.58. The van der Waals surface area contributed by atoms with E-state index < -0.39 is 0 Å². The van der Waals surface area contributed by atoms with Crippen LogP contribution in [0.3, 0.4) is 0 Å². The van der Waals surface area contributed by atoms with Gasteiger partial charge in [0.05, 0.1) is 11.7 Å². The van der Waals surface area contributed by atoms with Crippen molar-refractivity contribution >= 4 is 11.6 Å². The minimum absolute atomic E-state index is 0.0186. The van der Waals surface area contributed by atoms with Crippen LogP contribution in [0.2, 0.25) is 0 Å². The smallest absolute Gasteiger partial charge is 0.274 e. The highest BCUT2D eigenvalue weighted by Crippen LogP contribution is 2.33. The monoisotopic (exact) mass is 378 g/mol. The lowest BCUT2D eigenvalue weighted by Gasteiger charge is -2.31. The zero-order valence-electron chi connectivity index (χ0n) is 16.3. The predicted molar refractivity (Wildman–Crippen MR) is 105 cm³/mol. The molecule has 1 aliphatic heterocycles. The van der Waals surface area contributed by atoms with E-state index in [1.807, 2.05) is 45.4 Å². The van der Waals surface area contributed by atoms with Gasteiger partial charge in [0.25, 0.3) is 5.91 Å². The molecule has 1 saturated heterocycles. The number of aromatic nitrogens is 5. The van der Waals surface area contributed by atoms with E-state index in [0.717, 1.165) is 42.8 Å². The molecule has 7 nitrogen and oxygen atoms in total. The third-order valence-corrected chi connectivity index (χ3v) is 6.25. The molecule has 146 valence electrons. The fraction of sp³-hybridized carbons (Fsp3) is 0.524. The molecule has 0 radical (unpaired) electrons. The molecule has 2 fully saturated rings. The number of carbonyl (C=O) groups is 1. The molecule has 3 aromatic heterocycles. The Bertz CT molecular complexity index is 991. The lowest BCUT2D eigenvalue weighted by molar-refractivity contribution is 0.0684. The van der Waals surface area contributed by atoms with Crippen molar-refractivity contribution in [3.8, 4) is 0 Å². The maximum Gasteiger partial charge on any atom is 0.274 e. The number of fused-ring (bicyclic) bond motifs is 1. The fourth-order valence-electron chi connectivity index (χ4n) is 4.58. The Morgan fingerprint density at radius 2 is 1.82 bits per heavy atom. The van der Waals surface area contributed by atoms with Crippen molar-refractivity contribution in [2.45, 2.75) is 57.4 Å². The number of imidazole rings is 1. The molecule has 0 atom stereocenters. The molecule has 2 aliphatic rings. The molecule has 1 amide bonds. The third kappa shape index (κ3) is 3.19. The van der Waals surface area contributed by atoms with Crippen LogP contribution in [0, 0.1) is 6.92 Å². The molecule has 28 heavy (non-hydrogen) atoms. The van der Waals surface area contributed by atoms with E-state index in [-0.39, 0.29) is 5.91 Å². The number of hydrogen-bond acceptors (Lipinski definition) is 4. The van der Waals surface area contributed by atoms with Gasteiger partial charge in [-0.2, -0.15) is 0 Å². The van der Waals surface area contributed by atoms with Crippen molar-refractivity contribution in [3.63, 3.8) is 0 Å². The van der Waals surface area contributed by atoms with Gasteiger partial charge in [-0.05, 0) is 44.2 Å². The van der Waals surface area contributed by atoms with E-state index in [0.29, 0.717) is 17.7 Å². The van der Waals surface area contributed by atoms with Crippen LogP contribution >= 0.6 is 0 Å². The molecule has 7 heteroatoms. The van der Waals surface area contributed by atoms with E-state index in [1.54, 1.807) is 0 Å². The summed E-state index contributed by atoms with van der Waals surface area (Å²) in [7, 11) is 0. The van der Waals surface area contributed by atoms with Gasteiger partial charge in [0, 0.05) is 37.6 Å². The predicted octanol–water partition coefficient (Wildman–Crippen LogP) is 3.37. The zero-order valence-corrected chi connectivity index (χ0v) is 16.3. The van der Waals surface area contributed by atoms with Gasteiger partial charge in [0.15, 0.2) is 0 Å². The minimum atomic E-state index is 0.0186. The number of amides is 1. The second kappa shape index (κ2) is 7.04. The average Bonchev–Trinajstić information content (AvgIpc) is 3.46. The van der Waals surface area contributed by atoms with Crippen LogP contribution in [0.5, 0.6) is 0 Å². The molecule has 3 aromatic rings. The number of rotatable bonds is 3. The summed E-state index contributed by atoms with van der Waals surface area (Å²) in [6, 6.07) is 4.29. The molecule has 5 rings (SSSR count). The Balaban J connectivity index is 1.24. The molecule has 0 unspecified atom stereocenters. The van der Waals surface area contributed by atoms with Gasteiger partial charge in [-0.1, -0.05) is 24.1 Å². The normalized spacial score (nSPS) is 19.0. The first-order chi connectivity index (χ1) is 13.7. The van der Waals surface area contributed by atoms with Gasteiger partial charge in [-0.25, -0.2) is 9.67 Å². The topological polar surface area (TPSA) is 68.3 Å². The number of piperidine rings is 1. The maximum atomic E-state index is 12.9. The van der Waals surface area contributed by atoms with Gasteiger partial charge in [0.1, 0.15) is 11.3 Å². The van der Waals surface area contributed by atoms with Crippen LogP contribution in [0.25, 0.3) is 5.65 Å². The first kappa shape index (κ1) is 17.4. The van der Waals surface area contributed by atoms with Gasteiger partial charge in [-0.3, -0.25) is 4.79 Å². The molecule has 4 heterocycles. The summed E-state index contributed by atoms with van der Waals surface area (Å²) in [4.78, 5) is 19.3. The highest BCUT2D eigenvalue weighted by molar-refractivity contribution is 5.93. The largest absolute Gasteiger partial charge is 0.337 e. The van der Waals surface area contributed by atoms with Crippen LogP contribution in [0.1, 0.15) is 72.2 Å². The molecular formula is C21H26N6O.